The van der Waals surface area contributed by atoms with Crippen LogP contribution in [0, 0.1) is 0 Å². The molecule has 0 amide bonds. The van der Waals surface area contributed by atoms with Crippen molar-refractivity contribution in [3.8, 4) is 0 Å². The third-order valence-corrected chi connectivity index (χ3v) is 2.15. The maximum Gasteiger partial charge on any atom is 0.511 e. The van der Waals surface area contributed by atoms with Gasteiger partial charge in [-0.25, -0.2) is 14.8 Å². The number of hydrogen-bond donors (Lipinski definition) is 1. The summed E-state index contributed by atoms with van der Waals surface area (Å²) in [5, 5.41) is 7.40. The topological polar surface area (TPSA) is 66.4 Å². The molecule has 0 aliphatic carbocycles. The van der Waals surface area contributed by atoms with Crippen LogP contribution in [0.15, 0.2) is 16.9 Å². The van der Waals surface area contributed by atoms with Gasteiger partial charge in [-0.2, -0.15) is 5.10 Å². The first-order chi connectivity index (χ1) is 7.61. The number of allylic oxidation sites excluding steroid dienone is 1. The smallest absolute Gasteiger partial charge is 0.434 e. The number of nitrogens with one attached hydrogen (secondary N) is 1. The van der Waals surface area contributed by atoms with Gasteiger partial charge in [-0.3, -0.25) is 5.43 Å². The van der Waals surface area contributed by atoms with Gasteiger partial charge < -0.3 is 9.47 Å². The minimum absolute atomic E-state index is 0.285. The van der Waals surface area contributed by atoms with Crippen LogP contribution in [-0.4, -0.2) is 42.0 Å². The molecule has 7 heteroatoms. The summed E-state index contributed by atoms with van der Waals surface area (Å²) < 4.78 is 9.82. The van der Waals surface area contributed by atoms with E-state index in [1.807, 2.05) is 13.0 Å². The van der Waals surface area contributed by atoms with Gasteiger partial charge in [0.05, 0.1) is 6.61 Å². The molecular formula is C9H14N4O3. The zero-order valence-corrected chi connectivity index (χ0v) is 9.43. The second-order valence-corrected chi connectivity index (χ2v) is 3.47. The Kier molecular flexibility index (Phi) is 2.59. The maximum atomic E-state index is 11.2. The molecule has 1 unspecified atom stereocenters. The molecule has 2 rings (SSSR count). The summed E-state index contributed by atoms with van der Waals surface area (Å²) in [5.74, 6) is 0.717. The second kappa shape index (κ2) is 3.92. The Morgan fingerprint density at radius 1 is 1.69 bits per heavy atom. The van der Waals surface area contributed by atoms with E-state index in [0.717, 1.165) is 5.70 Å². The summed E-state index contributed by atoms with van der Waals surface area (Å²) >= 11 is 0. The minimum atomic E-state index is -0.706. The number of hydrogen-bond acceptors (Lipinski definition) is 7. The fourth-order valence-electron chi connectivity index (χ4n) is 1.53. The van der Waals surface area contributed by atoms with E-state index in [-0.39, 0.29) is 6.61 Å². The number of nitrogens with zero attached hydrogens (tertiary/aromatic N) is 3. The molecule has 1 atom stereocenters. The molecule has 88 valence electrons. The molecule has 2 aliphatic heterocycles. The van der Waals surface area contributed by atoms with E-state index in [1.54, 1.807) is 24.0 Å². The highest BCUT2D eigenvalue weighted by Crippen LogP contribution is 2.20. The van der Waals surface area contributed by atoms with Crippen LogP contribution in [0.4, 0.5) is 4.79 Å². The minimum Gasteiger partial charge on any atom is -0.434 e. The highest BCUT2D eigenvalue weighted by atomic mass is 16.7. The fourth-order valence-corrected chi connectivity index (χ4v) is 1.53. The van der Waals surface area contributed by atoms with E-state index in [4.69, 9.17) is 9.47 Å². The van der Waals surface area contributed by atoms with Crippen molar-refractivity contribution in [2.24, 2.45) is 5.10 Å². The number of hydrazone groups is 1. The lowest BCUT2D eigenvalue weighted by Crippen LogP contribution is -2.47. The standard InChI is InChI=1S/C9H14N4O3/c1-4-15-9(14)16-8-12(3)11-7-5-6(2)10-13(7)8/h5,8,10H,4H2,1-3H3. The normalized spacial score (nSPS) is 22.3. The number of ether oxygens (including phenoxy) is 2. The fraction of sp³-hybridized carbons (Fsp3) is 0.556. The first kappa shape index (κ1) is 10.6. The van der Waals surface area contributed by atoms with E-state index in [2.05, 4.69) is 10.5 Å². The number of amidine groups is 1. The highest BCUT2D eigenvalue weighted by Gasteiger charge is 2.37. The first-order valence-corrected chi connectivity index (χ1v) is 5.01. The average molecular weight is 226 g/mol. The molecule has 0 aromatic heterocycles. The van der Waals surface area contributed by atoms with Crippen LogP contribution in [0.1, 0.15) is 13.8 Å². The Labute approximate surface area is 93.3 Å². The number of rotatable bonds is 2. The molecule has 0 bridgehead atoms. The molecular weight excluding hydrogens is 212 g/mol. The summed E-state index contributed by atoms with van der Waals surface area (Å²) in [4.78, 5) is 11.2. The van der Waals surface area contributed by atoms with Crippen LogP contribution in [0.5, 0.6) is 0 Å². The molecule has 0 spiro atoms. The summed E-state index contributed by atoms with van der Waals surface area (Å²) in [6.45, 7) is 3.91. The Hall–Kier alpha value is -1.92. The summed E-state index contributed by atoms with van der Waals surface area (Å²) in [6, 6.07) is 0. The lowest BCUT2D eigenvalue weighted by atomic mass is 10.4. The predicted octanol–water partition coefficient (Wildman–Crippen LogP) is 0.426. The van der Waals surface area contributed by atoms with Crippen LogP contribution >= 0.6 is 0 Å². The van der Waals surface area contributed by atoms with Crippen LogP contribution in [-0.2, 0) is 9.47 Å². The van der Waals surface area contributed by atoms with Gasteiger partial charge in [-0.1, -0.05) is 0 Å². The van der Waals surface area contributed by atoms with Crippen LogP contribution in [0.2, 0.25) is 0 Å². The molecule has 0 saturated carbocycles. The lowest BCUT2D eigenvalue weighted by Gasteiger charge is -2.26. The van der Waals surface area contributed by atoms with E-state index in [0.29, 0.717) is 5.84 Å². The monoisotopic (exact) mass is 226 g/mol. The van der Waals surface area contributed by atoms with Gasteiger partial charge in [0.1, 0.15) is 0 Å². The van der Waals surface area contributed by atoms with Crippen molar-refractivity contribution < 1.29 is 14.3 Å². The predicted molar refractivity (Wildman–Crippen MR) is 55.8 cm³/mol. The number of carbonyl (C=O) groups excluding carboxylic acids is 1. The molecule has 0 radical (unpaired) electrons. The SMILES string of the molecule is CCOC(=O)OC1N(C)N=C2C=C(C)NN21. The van der Waals surface area contributed by atoms with E-state index in [1.165, 1.54) is 0 Å². The zero-order valence-electron chi connectivity index (χ0n) is 9.43. The van der Waals surface area contributed by atoms with Gasteiger partial charge in [0, 0.05) is 18.8 Å². The molecule has 16 heavy (non-hydrogen) atoms. The molecule has 2 aliphatic rings. The van der Waals surface area contributed by atoms with Crippen molar-refractivity contribution >= 4 is 12.0 Å². The van der Waals surface area contributed by atoms with Crippen molar-refractivity contribution in [2.75, 3.05) is 13.7 Å². The van der Waals surface area contributed by atoms with Crippen LogP contribution < -0.4 is 5.43 Å². The van der Waals surface area contributed by atoms with E-state index in [9.17, 15) is 4.79 Å². The molecule has 1 N–H and O–H groups in total. The van der Waals surface area contributed by atoms with Gasteiger partial charge in [0.15, 0.2) is 5.84 Å². The Morgan fingerprint density at radius 3 is 3.12 bits per heavy atom. The second-order valence-electron chi connectivity index (χ2n) is 3.47. The quantitative estimate of drug-likeness (QED) is 0.688. The Balaban J connectivity index is 2.01. The Bertz CT molecular complexity index is 366. The van der Waals surface area contributed by atoms with Crippen molar-refractivity contribution in [1.29, 1.82) is 0 Å². The molecule has 0 aromatic carbocycles. The Morgan fingerprint density at radius 2 is 2.44 bits per heavy atom. The van der Waals surface area contributed by atoms with Crippen molar-refractivity contribution in [2.45, 2.75) is 20.2 Å². The zero-order chi connectivity index (χ0) is 11.7. The van der Waals surface area contributed by atoms with Gasteiger partial charge in [0.2, 0.25) is 0 Å². The van der Waals surface area contributed by atoms with Crippen LogP contribution in [0.3, 0.4) is 0 Å². The largest absolute Gasteiger partial charge is 0.511 e. The summed E-state index contributed by atoms with van der Waals surface area (Å²) in [6.07, 6.45) is 0.551. The van der Waals surface area contributed by atoms with Crippen LogP contribution in [0.25, 0.3) is 0 Å². The van der Waals surface area contributed by atoms with Crippen molar-refractivity contribution in [3.63, 3.8) is 0 Å². The number of hydrazine groups is 1. The molecule has 0 aromatic rings. The lowest BCUT2D eigenvalue weighted by molar-refractivity contribution is -0.0921. The van der Waals surface area contributed by atoms with E-state index >= 15 is 0 Å². The third-order valence-electron chi connectivity index (χ3n) is 2.15. The summed E-state index contributed by atoms with van der Waals surface area (Å²) in [7, 11) is 1.72. The third kappa shape index (κ3) is 1.75. The highest BCUT2D eigenvalue weighted by molar-refractivity contribution is 5.96. The maximum absolute atomic E-state index is 11.2. The van der Waals surface area contributed by atoms with Crippen molar-refractivity contribution in [1.82, 2.24) is 15.4 Å². The number of carbonyl (C=O) groups is 1. The molecule has 0 saturated heterocycles. The molecule has 7 nitrogen and oxygen atoms in total. The van der Waals surface area contributed by atoms with Gasteiger partial charge in [-0.05, 0) is 13.8 Å². The number of fused-ring (bicyclic) bond motifs is 1. The molecule has 2 heterocycles. The van der Waals surface area contributed by atoms with E-state index < -0.39 is 12.5 Å². The van der Waals surface area contributed by atoms with Gasteiger partial charge in [-0.15, -0.1) is 0 Å². The van der Waals surface area contributed by atoms with Gasteiger partial charge >= 0.3 is 6.16 Å². The molecule has 0 fully saturated rings. The average Bonchev–Trinajstić information content (AvgIpc) is 2.66. The summed E-state index contributed by atoms with van der Waals surface area (Å²) in [5.41, 5.74) is 3.98. The van der Waals surface area contributed by atoms with Crippen molar-refractivity contribution in [3.05, 3.63) is 11.8 Å². The van der Waals surface area contributed by atoms with Gasteiger partial charge in [0.25, 0.3) is 6.35 Å². The first-order valence-electron chi connectivity index (χ1n) is 5.01.